The Balaban J connectivity index is 0.00000272. The number of hydrogen-bond acceptors (Lipinski definition) is 3. The van der Waals surface area contributed by atoms with Crippen molar-refractivity contribution in [3.05, 3.63) is 83.9 Å². The first-order chi connectivity index (χ1) is 14.4. The van der Waals surface area contributed by atoms with Gasteiger partial charge in [0.15, 0.2) is 0 Å². The zero-order valence-electron chi connectivity index (χ0n) is 17.9. The van der Waals surface area contributed by atoms with Crippen molar-refractivity contribution in [2.24, 2.45) is 5.92 Å². The standard InChI is InChI=1S/C25H28N2O2S.ClH/c1-27(2)18-19-8-9-23-17-24(13-10-22(23)16-19)26-30(28,29)25-14-11-21(12-15-25)20-6-4-3-5-7-20;/h3-7,10-15,17,19,26H,8-9,16,18H2,1-2H3;1H. The van der Waals surface area contributed by atoms with E-state index in [1.165, 1.54) is 11.1 Å². The first-order valence-corrected chi connectivity index (χ1v) is 11.8. The second-order valence-electron chi connectivity index (χ2n) is 8.35. The van der Waals surface area contributed by atoms with Crippen LogP contribution in [0.15, 0.2) is 77.7 Å². The monoisotopic (exact) mass is 456 g/mol. The number of benzene rings is 3. The second kappa shape index (κ2) is 9.86. The Labute approximate surface area is 191 Å². The highest BCUT2D eigenvalue weighted by Gasteiger charge is 2.21. The van der Waals surface area contributed by atoms with Crippen LogP contribution in [0.1, 0.15) is 17.5 Å². The summed E-state index contributed by atoms with van der Waals surface area (Å²) in [5.41, 5.74) is 5.28. The van der Waals surface area contributed by atoms with E-state index in [-0.39, 0.29) is 17.3 Å². The third-order valence-corrected chi connectivity index (χ3v) is 7.08. The van der Waals surface area contributed by atoms with Crippen molar-refractivity contribution < 1.29 is 8.42 Å². The van der Waals surface area contributed by atoms with Gasteiger partial charge in [0.1, 0.15) is 0 Å². The Morgan fingerprint density at radius 3 is 2.26 bits per heavy atom. The largest absolute Gasteiger partial charge is 0.309 e. The summed E-state index contributed by atoms with van der Waals surface area (Å²) in [4.78, 5) is 2.51. The van der Waals surface area contributed by atoms with Crippen LogP contribution < -0.4 is 4.72 Å². The predicted molar refractivity (Wildman–Crippen MR) is 130 cm³/mol. The molecule has 6 heteroatoms. The van der Waals surface area contributed by atoms with Gasteiger partial charge in [0.2, 0.25) is 0 Å². The normalized spacial score (nSPS) is 15.8. The minimum absolute atomic E-state index is 0. The van der Waals surface area contributed by atoms with Gasteiger partial charge in [-0.1, -0.05) is 48.5 Å². The summed E-state index contributed by atoms with van der Waals surface area (Å²) in [6.07, 6.45) is 3.19. The molecule has 1 aliphatic carbocycles. The SMILES string of the molecule is CN(C)CC1CCc2cc(NS(=O)(=O)c3ccc(-c4ccccc4)cc3)ccc2C1.Cl. The maximum atomic E-state index is 12.9. The molecule has 1 atom stereocenters. The van der Waals surface area contributed by atoms with Gasteiger partial charge in [0, 0.05) is 12.2 Å². The van der Waals surface area contributed by atoms with Crippen LogP contribution in [0, 0.1) is 5.92 Å². The maximum absolute atomic E-state index is 12.9. The Bertz CT molecular complexity index is 1110. The topological polar surface area (TPSA) is 49.4 Å². The molecule has 1 unspecified atom stereocenters. The highest BCUT2D eigenvalue weighted by atomic mass is 35.5. The van der Waals surface area contributed by atoms with Crippen molar-refractivity contribution in [2.75, 3.05) is 25.4 Å². The fraction of sp³-hybridized carbons (Fsp3) is 0.280. The van der Waals surface area contributed by atoms with Gasteiger partial charge in [-0.2, -0.15) is 0 Å². The molecule has 0 aromatic heterocycles. The minimum atomic E-state index is -3.62. The molecule has 0 amide bonds. The lowest BCUT2D eigenvalue weighted by Gasteiger charge is -2.27. The van der Waals surface area contributed by atoms with Crippen LogP contribution >= 0.6 is 12.4 Å². The Hall–Kier alpha value is -2.34. The van der Waals surface area contributed by atoms with Gasteiger partial charge in [-0.3, -0.25) is 4.72 Å². The number of aryl methyl sites for hydroxylation is 1. The summed E-state index contributed by atoms with van der Waals surface area (Å²) < 4.78 is 28.5. The first kappa shape index (κ1) is 23.3. The molecular weight excluding hydrogens is 428 g/mol. The molecular formula is C25H29ClN2O2S. The van der Waals surface area contributed by atoms with Crippen molar-refractivity contribution in [3.8, 4) is 11.1 Å². The lowest BCUT2D eigenvalue weighted by atomic mass is 9.83. The molecule has 0 spiro atoms. The molecule has 0 heterocycles. The van der Waals surface area contributed by atoms with Crippen LogP contribution in [0.3, 0.4) is 0 Å². The van der Waals surface area contributed by atoms with Crippen LogP contribution in [0.25, 0.3) is 11.1 Å². The zero-order chi connectivity index (χ0) is 21.1. The minimum Gasteiger partial charge on any atom is -0.309 e. The zero-order valence-corrected chi connectivity index (χ0v) is 19.5. The van der Waals surface area contributed by atoms with E-state index in [9.17, 15) is 8.42 Å². The van der Waals surface area contributed by atoms with E-state index in [0.29, 0.717) is 11.6 Å². The van der Waals surface area contributed by atoms with Crippen LogP contribution in [-0.4, -0.2) is 34.0 Å². The molecule has 1 N–H and O–H groups in total. The number of anilines is 1. The molecule has 0 radical (unpaired) electrons. The average Bonchev–Trinajstić information content (AvgIpc) is 2.74. The van der Waals surface area contributed by atoms with Crippen LogP contribution in [0.2, 0.25) is 0 Å². The van der Waals surface area contributed by atoms with E-state index in [1.807, 2.05) is 54.6 Å². The molecule has 0 saturated carbocycles. The molecule has 0 bridgehead atoms. The first-order valence-electron chi connectivity index (χ1n) is 10.4. The molecule has 4 rings (SSSR count). The second-order valence-corrected chi connectivity index (χ2v) is 10.0. The van der Waals surface area contributed by atoms with Crippen molar-refractivity contribution in [1.82, 2.24) is 4.90 Å². The number of rotatable bonds is 6. The van der Waals surface area contributed by atoms with Crippen molar-refractivity contribution in [1.29, 1.82) is 0 Å². The summed E-state index contributed by atoms with van der Waals surface area (Å²) in [7, 11) is 0.600. The van der Waals surface area contributed by atoms with Gasteiger partial charge in [-0.05, 0) is 85.8 Å². The number of halogens is 1. The fourth-order valence-electron chi connectivity index (χ4n) is 4.24. The highest BCUT2D eigenvalue weighted by Crippen LogP contribution is 2.29. The summed E-state index contributed by atoms with van der Waals surface area (Å²) >= 11 is 0. The van der Waals surface area contributed by atoms with Crippen LogP contribution in [0.5, 0.6) is 0 Å². The number of hydrogen-bond donors (Lipinski definition) is 1. The molecule has 164 valence electrons. The average molecular weight is 457 g/mol. The van der Waals surface area contributed by atoms with E-state index in [0.717, 1.165) is 36.9 Å². The Morgan fingerprint density at radius 2 is 1.58 bits per heavy atom. The lowest BCUT2D eigenvalue weighted by molar-refractivity contribution is 0.303. The molecule has 0 aliphatic heterocycles. The van der Waals surface area contributed by atoms with Crippen LogP contribution in [-0.2, 0) is 22.9 Å². The quantitative estimate of drug-likeness (QED) is 0.551. The van der Waals surface area contributed by atoms with Gasteiger partial charge >= 0.3 is 0 Å². The van der Waals surface area contributed by atoms with Crippen molar-refractivity contribution in [3.63, 3.8) is 0 Å². The smallest absolute Gasteiger partial charge is 0.261 e. The number of fused-ring (bicyclic) bond motifs is 1. The van der Waals surface area contributed by atoms with Crippen LogP contribution in [0.4, 0.5) is 5.69 Å². The summed E-state index contributed by atoms with van der Waals surface area (Å²) in [5.74, 6) is 0.665. The molecule has 3 aromatic carbocycles. The molecule has 0 fully saturated rings. The molecule has 1 aliphatic rings. The molecule has 3 aromatic rings. The fourth-order valence-corrected chi connectivity index (χ4v) is 5.29. The summed E-state index contributed by atoms with van der Waals surface area (Å²) in [6.45, 7) is 1.09. The van der Waals surface area contributed by atoms with Crippen molar-refractivity contribution in [2.45, 2.75) is 24.2 Å². The van der Waals surface area contributed by atoms with E-state index in [2.05, 4.69) is 29.8 Å². The maximum Gasteiger partial charge on any atom is 0.261 e. The third-order valence-electron chi connectivity index (χ3n) is 5.68. The van der Waals surface area contributed by atoms with Gasteiger partial charge < -0.3 is 4.90 Å². The number of sulfonamides is 1. The predicted octanol–water partition coefficient (Wildman–Crippen LogP) is 5.24. The molecule has 4 nitrogen and oxygen atoms in total. The van der Waals surface area contributed by atoms with Gasteiger partial charge in [-0.15, -0.1) is 12.4 Å². The Kier molecular flexibility index (Phi) is 7.42. The lowest BCUT2D eigenvalue weighted by Crippen LogP contribution is -2.26. The van der Waals surface area contributed by atoms with E-state index >= 15 is 0 Å². The Morgan fingerprint density at radius 1 is 0.903 bits per heavy atom. The van der Waals surface area contributed by atoms with Gasteiger partial charge in [-0.25, -0.2) is 8.42 Å². The van der Waals surface area contributed by atoms with E-state index in [1.54, 1.807) is 12.1 Å². The van der Waals surface area contributed by atoms with E-state index in [4.69, 9.17) is 0 Å². The van der Waals surface area contributed by atoms with Gasteiger partial charge in [0.05, 0.1) is 4.90 Å². The molecule has 0 saturated heterocycles. The van der Waals surface area contributed by atoms with E-state index < -0.39 is 10.0 Å². The van der Waals surface area contributed by atoms with Gasteiger partial charge in [0.25, 0.3) is 10.0 Å². The third kappa shape index (κ3) is 5.67. The number of nitrogens with one attached hydrogen (secondary N) is 1. The molecule has 31 heavy (non-hydrogen) atoms. The summed E-state index contributed by atoms with van der Waals surface area (Å²) in [5, 5.41) is 0. The van der Waals surface area contributed by atoms with Crippen molar-refractivity contribution >= 4 is 28.1 Å². The highest BCUT2D eigenvalue weighted by molar-refractivity contribution is 7.92. The number of nitrogens with zero attached hydrogens (tertiary/aromatic N) is 1. The summed E-state index contributed by atoms with van der Waals surface area (Å²) in [6, 6.07) is 22.9.